The Morgan fingerprint density at radius 3 is 2.10 bits per heavy atom. The molecule has 29 heavy (non-hydrogen) atoms. The molecule has 0 unspecified atom stereocenters. The summed E-state index contributed by atoms with van der Waals surface area (Å²) < 4.78 is 13.2. The molecule has 0 aliphatic carbocycles. The van der Waals surface area contributed by atoms with Crippen molar-refractivity contribution in [1.29, 1.82) is 0 Å². The van der Waals surface area contributed by atoms with Gasteiger partial charge in [-0.3, -0.25) is 9.80 Å². The zero-order valence-corrected chi connectivity index (χ0v) is 16.1. The third-order valence-corrected chi connectivity index (χ3v) is 4.42. The van der Waals surface area contributed by atoms with E-state index < -0.39 is 11.9 Å². The highest BCUT2D eigenvalue weighted by Crippen LogP contribution is 2.10. The van der Waals surface area contributed by atoms with Gasteiger partial charge in [0, 0.05) is 39.3 Å². The predicted octanol–water partition coefficient (Wildman–Crippen LogP) is 2.81. The largest absolute Gasteiger partial charge is 0.473 e. The number of carboxylic acids is 2. The van der Waals surface area contributed by atoms with Crippen molar-refractivity contribution in [3.05, 3.63) is 77.6 Å². The van der Waals surface area contributed by atoms with Crippen molar-refractivity contribution in [2.45, 2.75) is 6.54 Å². The van der Waals surface area contributed by atoms with E-state index in [9.17, 15) is 4.39 Å². The molecule has 2 N–H and O–H groups in total. The van der Waals surface area contributed by atoms with Crippen LogP contribution < -0.4 is 0 Å². The Bertz CT molecular complexity index is 807. The van der Waals surface area contributed by atoms with Crippen molar-refractivity contribution in [2.75, 3.05) is 32.7 Å². The Labute approximate surface area is 169 Å². The van der Waals surface area contributed by atoms with E-state index >= 15 is 0 Å². The van der Waals surface area contributed by atoms with Crippen LogP contribution in [0.25, 0.3) is 6.08 Å². The molecule has 0 aromatic heterocycles. The van der Waals surface area contributed by atoms with Crippen LogP contribution in [0.4, 0.5) is 4.39 Å². The average molecular weight is 400 g/mol. The number of piperazine rings is 1. The maximum atomic E-state index is 13.2. The van der Waals surface area contributed by atoms with Gasteiger partial charge in [0.05, 0.1) is 0 Å². The van der Waals surface area contributed by atoms with Crippen LogP contribution >= 0.6 is 0 Å². The number of carboxylic acid groups (broad SMARTS) is 2. The molecule has 0 amide bonds. The normalized spacial score (nSPS) is 14.9. The second-order valence-electron chi connectivity index (χ2n) is 6.63. The Kier molecular flexibility index (Phi) is 9.01. The standard InChI is InChI=1S/C20H23FN2.C2H2O4/c21-20-10-4-8-19(16-20)17-23-14-12-22(13-15-23)11-5-9-18-6-2-1-3-7-18;3-1(4)2(5)6/h1-10,16H,11-15,17H2;(H,3,4)(H,5,6). The SMILES string of the molecule is Fc1cccc(CN2CCN(CC=Cc3ccccc3)CC2)c1.O=C(O)C(=O)O. The summed E-state index contributed by atoms with van der Waals surface area (Å²) in [5, 5.41) is 14.8. The number of aliphatic carboxylic acids is 2. The molecular formula is C22H25FN2O4. The Morgan fingerprint density at radius 2 is 1.52 bits per heavy atom. The molecule has 0 spiro atoms. The van der Waals surface area contributed by atoms with Crippen LogP contribution in [0.1, 0.15) is 11.1 Å². The molecule has 0 atom stereocenters. The van der Waals surface area contributed by atoms with Gasteiger partial charge >= 0.3 is 11.9 Å². The van der Waals surface area contributed by atoms with E-state index in [1.807, 2.05) is 12.1 Å². The van der Waals surface area contributed by atoms with Crippen molar-refractivity contribution in [2.24, 2.45) is 0 Å². The van der Waals surface area contributed by atoms with E-state index in [1.54, 1.807) is 12.1 Å². The first-order chi connectivity index (χ1) is 13.9. The van der Waals surface area contributed by atoms with E-state index in [2.05, 4.69) is 46.2 Å². The molecule has 2 aromatic carbocycles. The smallest absolute Gasteiger partial charge is 0.414 e. The van der Waals surface area contributed by atoms with E-state index in [-0.39, 0.29) is 5.82 Å². The van der Waals surface area contributed by atoms with Crippen molar-refractivity contribution in [1.82, 2.24) is 9.80 Å². The Morgan fingerprint density at radius 1 is 0.897 bits per heavy atom. The lowest BCUT2D eigenvalue weighted by molar-refractivity contribution is -0.159. The molecule has 6 nitrogen and oxygen atoms in total. The topological polar surface area (TPSA) is 81.1 Å². The third kappa shape index (κ3) is 8.68. The van der Waals surface area contributed by atoms with Gasteiger partial charge in [-0.25, -0.2) is 14.0 Å². The summed E-state index contributed by atoms with van der Waals surface area (Å²) in [7, 11) is 0. The summed E-state index contributed by atoms with van der Waals surface area (Å²) >= 11 is 0. The Balaban J connectivity index is 0.000000438. The van der Waals surface area contributed by atoms with Crippen LogP contribution in [0.3, 0.4) is 0 Å². The summed E-state index contributed by atoms with van der Waals surface area (Å²) in [4.78, 5) is 23.1. The molecule has 1 saturated heterocycles. The lowest BCUT2D eigenvalue weighted by atomic mass is 10.2. The van der Waals surface area contributed by atoms with Crippen LogP contribution in [0.2, 0.25) is 0 Å². The molecule has 1 fully saturated rings. The first-order valence-electron chi connectivity index (χ1n) is 9.31. The molecule has 0 radical (unpaired) electrons. The number of carbonyl (C=O) groups is 2. The second kappa shape index (κ2) is 11.7. The lowest BCUT2D eigenvalue weighted by Gasteiger charge is -2.34. The minimum atomic E-state index is -1.82. The summed E-state index contributed by atoms with van der Waals surface area (Å²) in [5.74, 6) is -3.79. The number of rotatable bonds is 5. The van der Waals surface area contributed by atoms with Crippen LogP contribution in [-0.4, -0.2) is 64.7 Å². The maximum Gasteiger partial charge on any atom is 0.414 e. The van der Waals surface area contributed by atoms with Crippen molar-refractivity contribution in [3.8, 4) is 0 Å². The number of halogens is 1. The van der Waals surface area contributed by atoms with Gasteiger partial charge in [0.15, 0.2) is 0 Å². The van der Waals surface area contributed by atoms with E-state index in [4.69, 9.17) is 19.8 Å². The van der Waals surface area contributed by atoms with Crippen molar-refractivity contribution < 1.29 is 24.2 Å². The fourth-order valence-corrected chi connectivity index (χ4v) is 2.93. The molecular weight excluding hydrogens is 375 g/mol. The van der Waals surface area contributed by atoms with E-state index in [0.29, 0.717) is 0 Å². The fraction of sp³-hybridized carbons (Fsp3) is 0.273. The van der Waals surface area contributed by atoms with Gasteiger partial charge in [-0.15, -0.1) is 0 Å². The number of hydrogen-bond acceptors (Lipinski definition) is 4. The molecule has 0 saturated carbocycles. The van der Waals surface area contributed by atoms with Gasteiger partial charge in [0.1, 0.15) is 5.82 Å². The highest BCUT2D eigenvalue weighted by atomic mass is 19.1. The molecule has 1 aliphatic heterocycles. The minimum Gasteiger partial charge on any atom is -0.473 e. The van der Waals surface area contributed by atoms with Crippen LogP contribution in [-0.2, 0) is 16.1 Å². The summed E-state index contributed by atoms with van der Waals surface area (Å²) in [5.41, 5.74) is 2.31. The van der Waals surface area contributed by atoms with Gasteiger partial charge in [0.2, 0.25) is 0 Å². The highest BCUT2D eigenvalue weighted by Gasteiger charge is 2.15. The Hall–Kier alpha value is -3.03. The summed E-state index contributed by atoms with van der Waals surface area (Å²) in [6.45, 7) is 6.03. The third-order valence-electron chi connectivity index (χ3n) is 4.42. The quantitative estimate of drug-likeness (QED) is 0.752. The van der Waals surface area contributed by atoms with Crippen molar-refractivity contribution >= 4 is 18.0 Å². The molecule has 2 aromatic rings. The first kappa shape index (κ1) is 22.3. The van der Waals surface area contributed by atoms with Crippen LogP contribution in [0.5, 0.6) is 0 Å². The predicted molar refractivity (Wildman–Crippen MR) is 109 cm³/mol. The lowest BCUT2D eigenvalue weighted by Crippen LogP contribution is -2.45. The average Bonchev–Trinajstić information content (AvgIpc) is 2.71. The van der Waals surface area contributed by atoms with Crippen molar-refractivity contribution in [3.63, 3.8) is 0 Å². The van der Waals surface area contributed by atoms with Gasteiger partial charge < -0.3 is 10.2 Å². The van der Waals surface area contributed by atoms with Gasteiger partial charge in [0.25, 0.3) is 0 Å². The summed E-state index contributed by atoms with van der Waals surface area (Å²) in [6.07, 6.45) is 4.41. The minimum absolute atomic E-state index is 0.146. The molecule has 7 heteroatoms. The maximum absolute atomic E-state index is 13.2. The van der Waals surface area contributed by atoms with E-state index in [0.717, 1.165) is 44.8 Å². The molecule has 0 bridgehead atoms. The first-order valence-corrected chi connectivity index (χ1v) is 9.31. The molecule has 154 valence electrons. The number of hydrogen-bond donors (Lipinski definition) is 2. The fourth-order valence-electron chi connectivity index (χ4n) is 2.93. The van der Waals surface area contributed by atoms with Gasteiger partial charge in [-0.05, 0) is 23.3 Å². The number of benzene rings is 2. The zero-order valence-electron chi connectivity index (χ0n) is 16.1. The number of nitrogens with zero attached hydrogens (tertiary/aromatic N) is 2. The van der Waals surface area contributed by atoms with E-state index in [1.165, 1.54) is 11.6 Å². The van der Waals surface area contributed by atoms with Gasteiger partial charge in [-0.1, -0.05) is 54.6 Å². The molecule has 3 rings (SSSR count). The second-order valence-corrected chi connectivity index (χ2v) is 6.63. The highest BCUT2D eigenvalue weighted by molar-refractivity contribution is 6.27. The van der Waals surface area contributed by atoms with Crippen LogP contribution in [0, 0.1) is 5.82 Å². The van der Waals surface area contributed by atoms with Gasteiger partial charge in [-0.2, -0.15) is 0 Å². The summed E-state index contributed by atoms with van der Waals surface area (Å²) in [6, 6.07) is 17.3. The molecule has 1 heterocycles. The van der Waals surface area contributed by atoms with Crippen LogP contribution in [0.15, 0.2) is 60.7 Å². The zero-order chi connectivity index (χ0) is 21.1. The monoisotopic (exact) mass is 400 g/mol. The molecule has 1 aliphatic rings.